The predicted molar refractivity (Wildman–Crippen MR) is 69.2 cm³/mol. The fourth-order valence-corrected chi connectivity index (χ4v) is 1.61. The van der Waals surface area contributed by atoms with E-state index < -0.39 is 0 Å². The summed E-state index contributed by atoms with van der Waals surface area (Å²) < 4.78 is 6.30. The van der Waals surface area contributed by atoms with Crippen molar-refractivity contribution in [1.29, 1.82) is 0 Å². The summed E-state index contributed by atoms with van der Waals surface area (Å²) in [6.45, 7) is 1.03. The van der Waals surface area contributed by atoms with Crippen LogP contribution in [0, 0.1) is 0 Å². The average Bonchev–Trinajstić information content (AvgIpc) is 2.84. The highest BCUT2D eigenvalue weighted by molar-refractivity contribution is 6.29. The van der Waals surface area contributed by atoms with Crippen molar-refractivity contribution < 1.29 is 9.53 Å². The Labute approximate surface area is 114 Å². The van der Waals surface area contributed by atoms with Gasteiger partial charge in [0.15, 0.2) is 0 Å². The van der Waals surface area contributed by atoms with Gasteiger partial charge in [0.25, 0.3) is 5.78 Å². The number of hydrogen-bond donors (Lipinski definition) is 2. The number of nitrogens with one attached hydrogen (secondary N) is 2. The maximum atomic E-state index is 11.5. The summed E-state index contributed by atoms with van der Waals surface area (Å²) in [5, 5.41) is 9.88. The number of nitrogens with zero attached hydrogens (tertiary/aromatic N) is 4. The van der Waals surface area contributed by atoms with Gasteiger partial charge in [-0.1, -0.05) is 11.6 Å². The molecule has 0 bridgehead atoms. The lowest BCUT2D eigenvalue weighted by molar-refractivity contribution is -0.119. The summed E-state index contributed by atoms with van der Waals surface area (Å²) in [6.07, 6.45) is 1.36. The number of hydrogen-bond acceptors (Lipinski definition) is 6. The number of halogens is 1. The third-order valence-corrected chi connectivity index (χ3v) is 2.47. The van der Waals surface area contributed by atoms with Crippen molar-refractivity contribution in [2.24, 2.45) is 0 Å². The Bertz CT molecular complexity index is 572. The third kappa shape index (κ3) is 3.52. The molecule has 0 saturated carbocycles. The first-order chi connectivity index (χ1) is 9.20. The van der Waals surface area contributed by atoms with E-state index >= 15 is 0 Å². The molecule has 0 fully saturated rings. The molecule has 0 unspecified atom stereocenters. The number of fused-ring (bicyclic) bond motifs is 1. The van der Waals surface area contributed by atoms with Crippen LogP contribution in [0.5, 0.6) is 0 Å². The maximum absolute atomic E-state index is 11.5. The molecule has 19 heavy (non-hydrogen) atoms. The lowest BCUT2D eigenvalue weighted by Gasteiger charge is -2.08. The van der Waals surface area contributed by atoms with Gasteiger partial charge >= 0.3 is 0 Å². The second-order valence-electron chi connectivity index (χ2n) is 3.63. The van der Waals surface area contributed by atoms with Crippen LogP contribution in [0.1, 0.15) is 0 Å². The smallest absolute Gasteiger partial charge is 0.255 e. The van der Waals surface area contributed by atoms with Gasteiger partial charge in [-0.3, -0.25) is 4.79 Å². The molecule has 0 aliphatic carbocycles. The molecule has 0 aliphatic heterocycles. The SMILES string of the molecule is COCCNC(=O)CNc1cc(Cl)nc2ncnn12. The minimum Gasteiger partial charge on any atom is -0.383 e. The Hall–Kier alpha value is -1.93. The molecule has 2 aromatic heterocycles. The molecule has 0 saturated heterocycles. The summed E-state index contributed by atoms with van der Waals surface area (Å²) in [5.74, 6) is 0.766. The predicted octanol–water partition coefficient (Wildman–Crippen LogP) is -0.0478. The monoisotopic (exact) mass is 284 g/mol. The molecule has 2 N–H and O–H groups in total. The van der Waals surface area contributed by atoms with Crippen molar-refractivity contribution in [2.75, 3.05) is 32.1 Å². The van der Waals surface area contributed by atoms with E-state index in [0.717, 1.165) is 0 Å². The number of ether oxygens (including phenoxy) is 1. The topological polar surface area (TPSA) is 93.4 Å². The molecule has 0 radical (unpaired) electrons. The van der Waals surface area contributed by atoms with Gasteiger partial charge in [-0.25, -0.2) is 0 Å². The second-order valence-corrected chi connectivity index (χ2v) is 4.02. The summed E-state index contributed by atoms with van der Waals surface area (Å²) in [5.41, 5.74) is 0. The second kappa shape index (κ2) is 6.30. The average molecular weight is 285 g/mol. The van der Waals surface area contributed by atoms with E-state index in [1.54, 1.807) is 13.2 Å². The van der Waals surface area contributed by atoms with Crippen LogP contribution in [-0.4, -0.2) is 52.3 Å². The van der Waals surface area contributed by atoms with Gasteiger partial charge in [-0.05, 0) is 0 Å². The van der Waals surface area contributed by atoms with E-state index in [9.17, 15) is 4.79 Å². The molecule has 0 aliphatic rings. The number of methoxy groups -OCH3 is 1. The van der Waals surface area contributed by atoms with Crippen LogP contribution in [0.25, 0.3) is 5.78 Å². The highest BCUT2D eigenvalue weighted by Crippen LogP contribution is 2.13. The van der Waals surface area contributed by atoms with Gasteiger partial charge in [0.2, 0.25) is 5.91 Å². The first-order valence-corrected chi connectivity index (χ1v) is 5.94. The van der Waals surface area contributed by atoms with E-state index in [0.29, 0.717) is 24.7 Å². The quantitative estimate of drug-likeness (QED) is 0.571. The first-order valence-electron chi connectivity index (χ1n) is 5.56. The van der Waals surface area contributed by atoms with E-state index in [2.05, 4.69) is 25.7 Å². The molecule has 1 amide bonds. The number of carbonyl (C=O) groups is 1. The van der Waals surface area contributed by atoms with E-state index in [4.69, 9.17) is 16.3 Å². The minimum absolute atomic E-state index is 0.0962. The van der Waals surface area contributed by atoms with Gasteiger partial charge in [0, 0.05) is 19.7 Å². The largest absolute Gasteiger partial charge is 0.383 e. The van der Waals surface area contributed by atoms with Gasteiger partial charge in [-0.15, -0.1) is 0 Å². The zero-order valence-electron chi connectivity index (χ0n) is 10.3. The van der Waals surface area contributed by atoms with Gasteiger partial charge in [0.1, 0.15) is 17.3 Å². The van der Waals surface area contributed by atoms with Crippen molar-refractivity contribution in [3.05, 3.63) is 17.5 Å². The van der Waals surface area contributed by atoms with E-state index in [-0.39, 0.29) is 17.6 Å². The minimum atomic E-state index is -0.154. The van der Waals surface area contributed by atoms with Crippen LogP contribution in [0.15, 0.2) is 12.4 Å². The normalized spacial score (nSPS) is 10.6. The third-order valence-electron chi connectivity index (χ3n) is 2.28. The zero-order chi connectivity index (χ0) is 13.7. The van der Waals surface area contributed by atoms with Crippen LogP contribution < -0.4 is 10.6 Å². The highest BCUT2D eigenvalue weighted by atomic mass is 35.5. The first kappa shape index (κ1) is 13.5. The highest BCUT2D eigenvalue weighted by Gasteiger charge is 2.07. The molecule has 102 valence electrons. The molecular formula is C10H13ClN6O2. The van der Waals surface area contributed by atoms with Crippen LogP contribution in [-0.2, 0) is 9.53 Å². The van der Waals surface area contributed by atoms with Crippen molar-refractivity contribution in [3.63, 3.8) is 0 Å². The fourth-order valence-electron chi connectivity index (χ4n) is 1.44. The van der Waals surface area contributed by atoms with Crippen molar-refractivity contribution in [2.45, 2.75) is 0 Å². The number of carbonyl (C=O) groups excluding carboxylic acids is 1. The van der Waals surface area contributed by atoms with Gasteiger partial charge in [-0.2, -0.15) is 19.6 Å². The fraction of sp³-hybridized carbons (Fsp3) is 0.400. The molecule has 0 aromatic carbocycles. The summed E-state index contributed by atoms with van der Waals surface area (Å²) in [4.78, 5) is 19.4. The Morgan fingerprint density at radius 3 is 3.21 bits per heavy atom. The number of rotatable bonds is 6. The maximum Gasteiger partial charge on any atom is 0.255 e. The molecule has 2 heterocycles. The molecule has 0 atom stereocenters. The Morgan fingerprint density at radius 1 is 1.58 bits per heavy atom. The van der Waals surface area contributed by atoms with Crippen LogP contribution in [0.3, 0.4) is 0 Å². The molecule has 8 nitrogen and oxygen atoms in total. The van der Waals surface area contributed by atoms with Crippen molar-refractivity contribution in [1.82, 2.24) is 24.9 Å². The van der Waals surface area contributed by atoms with Crippen molar-refractivity contribution in [3.8, 4) is 0 Å². The number of anilines is 1. The zero-order valence-corrected chi connectivity index (χ0v) is 11.0. The van der Waals surface area contributed by atoms with E-state index in [1.807, 2.05) is 0 Å². The Balaban J connectivity index is 1.97. The van der Waals surface area contributed by atoms with Crippen LogP contribution >= 0.6 is 11.6 Å². The van der Waals surface area contributed by atoms with Crippen molar-refractivity contribution >= 4 is 29.1 Å². The molecule has 0 spiro atoms. The van der Waals surface area contributed by atoms with Crippen LogP contribution in [0.4, 0.5) is 5.82 Å². The van der Waals surface area contributed by atoms with Gasteiger partial charge in [0.05, 0.1) is 13.2 Å². The molecule has 9 heteroatoms. The summed E-state index contributed by atoms with van der Waals surface area (Å²) in [7, 11) is 1.57. The number of aromatic nitrogens is 4. The Kier molecular flexibility index (Phi) is 4.48. The number of amides is 1. The van der Waals surface area contributed by atoms with E-state index in [1.165, 1.54) is 10.8 Å². The lowest BCUT2D eigenvalue weighted by atomic mass is 10.5. The standard InChI is InChI=1S/C10H13ClN6O2/c1-19-3-2-12-9(18)5-13-8-4-7(11)16-10-14-6-15-17(8)10/h4,6,13H,2-3,5H2,1H3,(H,12,18). The summed E-state index contributed by atoms with van der Waals surface area (Å²) in [6, 6.07) is 1.58. The summed E-state index contributed by atoms with van der Waals surface area (Å²) >= 11 is 5.85. The van der Waals surface area contributed by atoms with Crippen LogP contribution in [0.2, 0.25) is 5.15 Å². The lowest BCUT2D eigenvalue weighted by Crippen LogP contribution is -2.32. The Morgan fingerprint density at radius 2 is 2.42 bits per heavy atom. The molecular weight excluding hydrogens is 272 g/mol. The van der Waals surface area contributed by atoms with Gasteiger partial charge < -0.3 is 15.4 Å². The molecule has 2 aromatic rings. The molecule has 2 rings (SSSR count).